The average molecular weight is 359 g/mol. The largest absolute Gasteiger partial charge is 0.338 e. The first kappa shape index (κ1) is 18.0. The lowest BCUT2D eigenvalue weighted by Crippen LogP contribution is -2.52. The van der Waals surface area contributed by atoms with E-state index < -0.39 is 15.6 Å². The van der Waals surface area contributed by atoms with E-state index in [0.29, 0.717) is 11.4 Å². The van der Waals surface area contributed by atoms with Gasteiger partial charge in [-0.2, -0.15) is 0 Å². The number of anilines is 2. The molecule has 134 valence electrons. The summed E-state index contributed by atoms with van der Waals surface area (Å²) in [5.74, 6) is 0. The third-order valence-electron chi connectivity index (χ3n) is 5.01. The molecule has 3 rings (SSSR count). The number of sulfonamides is 1. The number of rotatable bonds is 5. The Bertz CT molecular complexity index is 821. The number of fused-ring (bicyclic) bond motifs is 1. The maximum atomic E-state index is 13.1. The van der Waals surface area contributed by atoms with E-state index in [-0.39, 0.29) is 0 Å². The molecule has 0 bridgehead atoms. The first-order chi connectivity index (χ1) is 12.0. The third kappa shape index (κ3) is 3.58. The summed E-state index contributed by atoms with van der Waals surface area (Å²) < 4.78 is 29.2. The van der Waals surface area contributed by atoms with Crippen molar-refractivity contribution in [3.05, 3.63) is 54.6 Å². The number of benzene rings is 2. The van der Waals surface area contributed by atoms with E-state index in [0.717, 1.165) is 37.1 Å². The minimum Gasteiger partial charge on any atom is -0.338 e. The molecule has 4 nitrogen and oxygen atoms in total. The van der Waals surface area contributed by atoms with E-state index in [1.807, 2.05) is 42.5 Å². The van der Waals surface area contributed by atoms with Crippen molar-refractivity contribution >= 4 is 21.4 Å². The smallest absolute Gasteiger partial charge is 0.243 e. The Morgan fingerprint density at radius 3 is 2.40 bits per heavy atom. The molecule has 2 aromatic rings. The van der Waals surface area contributed by atoms with Crippen molar-refractivity contribution in [2.45, 2.75) is 50.0 Å². The Hall–Kier alpha value is -1.85. The highest BCUT2D eigenvalue weighted by atomic mass is 32.2. The molecular weight excluding hydrogens is 332 g/mol. The predicted octanol–water partition coefficient (Wildman–Crippen LogP) is 4.46. The normalized spacial score (nSPS) is 22.2. The second kappa shape index (κ2) is 7.18. The Labute approximate surface area is 150 Å². The first-order valence-corrected chi connectivity index (χ1v) is 10.5. The quantitative estimate of drug-likeness (QED) is 0.859. The van der Waals surface area contributed by atoms with Crippen molar-refractivity contribution in [1.82, 2.24) is 4.72 Å². The van der Waals surface area contributed by atoms with Crippen LogP contribution in [0.1, 0.15) is 39.5 Å². The minimum atomic E-state index is -3.56. The van der Waals surface area contributed by atoms with Crippen LogP contribution in [0.2, 0.25) is 0 Å². The lowest BCUT2D eigenvalue weighted by atomic mass is 9.90. The molecule has 0 spiro atoms. The van der Waals surface area contributed by atoms with Gasteiger partial charge in [-0.3, -0.25) is 0 Å². The minimum absolute atomic E-state index is 0.352. The van der Waals surface area contributed by atoms with E-state index in [1.54, 1.807) is 12.1 Å². The SMILES string of the molecule is CCCC[C@@]1(CC)CN(c2ccccc2)c2ccccc2S(=O)(=O)N1. The van der Waals surface area contributed by atoms with E-state index in [1.165, 1.54) is 0 Å². The average Bonchev–Trinajstić information content (AvgIpc) is 2.74. The Kier molecular flexibility index (Phi) is 5.16. The Morgan fingerprint density at radius 1 is 1.04 bits per heavy atom. The van der Waals surface area contributed by atoms with Gasteiger partial charge in [0.15, 0.2) is 0 Å². The highest BCUT2D eigenvalue weighted by Gasteiger charge is 2.40. The number of nitrogens with one attached hydrogen (secondary N) is 1. The molecule has 2 aromatic carbocycles. The molecule has 0 radical (unpaired) electrons. The topological polar surface area (TPSA) is 49.4 Å². The van der Waals surface area contributed by atoms with Gasteiger partial charge in [-0.15, -0.1) is 0 Å². The van der Waals surface area contributed by atoms with Crippen molar-refractivity contribution < 1.29 is 8.42 Å². The van der Waals surface area contributed by atoms with Gasteiger partial charge in [-0.25, -0.2) is 13.1 Å². The molecule has 5 heteroatoms. The zero-order chi connectivity index (χ0) is 17.9. The van der Waals surface area contributed by atoms with Gasteiger partial charge in [0.1, 0.15) is 4.90 Å². The van der Waals surface area contributed by atoms with E-state index in [9.17, 15) is 8.42 Å². The van der Waals surface area contributed by atoms with Crippen LogP contribution in [0.15, 0.2) is 59.5 Å². The highest BCUT2D eigenvalue weighted by molar-refractivity contribution is 7.89. The summed E-state index contributed by atoms with van der Waals surface area (Å²) in [6.07, 6.45) is 3.62. The second-order valence-electron chi connectivity index (χ2n) is 6.73. The number of para-hydroxylation sites is 2. The molecule has 0 unspecified atom stereocenters. The first-order valence-electron chi connectivity index (χ1n) is 8.97. The molecule has 0 aliphatic carbocycles. The molecule has 0 amide bonds. The molecule has 1 atom stereocenters. The van der Waals surface area contributed by atoms with Crippen LogP contribution in [0, 0.1) is 0 Å². The predicted molar refractivity (Wildman–Crippen MR) is 103 cm³/mol. The fourth-order valence-electron chi connectivity index (χ4n) is 3.51. The van der Waals surface area contributed by atoms with E-state index in [2.05, 4.69) is 23.5 Å². The molecule has 0 saturated heterocycles. The van der Waals surface area contributed by atoms with Gasteiger partial charge in [0.2, 0.25) is 10.0 Å². The number of unbranched alkanes of at least 4 members (excludes halogenated alkanes) is 1. The van der Waals surface area contributed by atoms with Crippen LogP contribution >= 0.6 is 0 Å². The molecule has 0 fully saturated rings. The fraction of sp³-hybridized carbons (Fsp3) is 0.400. The third-order valence-corrected chi connectivity index (χ3v) is 6.64. The van der Waals surface area contributed by atoms with Gasteiger partial charge < -0.3 is 4.90 Å². The van der Waals surface area contributed by atoms with Gasteiger partial charge in [0.25, 0.3) is 0 Å². The molecule has 1 aliphatic heterocycles. The van der Waals surface area contributed by atoms with Crippen molar-refractivity contribution in [3.63, 3.8) is 0 Å². The van der Waals surface area contributed by atoms with Crippen molar-refractivity contribution in [2.75, 3.05) is 11.4 Å². The Morgan fingerprint density at radius 2 is 1.72 bits per heavy atom. The summed E-state index contributed by atoms with van der Waals surface area (Å²) >= 11 is 0. The standard InChI is InChI=1S/C20H26N2O2S/c1-3-5-15-20(4-2)16-22(17-11-7-6-8-12-17)18-13-9-10-14-19(18)25(23,24)21-20/h6-14,21H,3-5,15-16H2,1-2H3/t20-/m0/s1. The van der Waals surface area contributed by atoms with Crippen molar-refractivity contribution in [2.24, 2.45) is 0 Å². The second-order valence-corrected chi connectivity index (χ2v) is 8.38. The maximum absolute atomic E-state index is 13.1. The van der Waals surface area contributed by atoms with Gasteiger partial charge in [0.05, 0.1) is 11.2 Å². The van der Waals surface area contributed by atoms with Crippen molar-refractivity contribution in [3.8, 4) is 0 Å². The van der Waals surface area contributed by atoms with Crippen LogP contribution in [0.5, 0.6) is 0 Å². The van der Waals surface area contributed by atoms with Gasteiger partial charge in [0, 0.05) is 12.2 Å². The molecule has 1 heterocycles. The van der Waals surface area contributed by atoms with E-state index >= 15 is 0 Å². The molecular formula is C20H26N2O2S. The summed E-state index contributed by atoms with van der Waals surface area (Å²) in [5.41, 5.74) is 1.29. The lowest BCUT2D eigenvalue weighted by Gasteiger charge is -2.36. The molecule has 1 aliphatic rings. The molecule has 1 N–H and O–H groups in total. The lowest BCUT2D eigenvalue weighted by molar-refractivity contribution is 0.341. The van der Waals surface area contributed by atoms with Crippen LogP contribution in [-0.2, 0) is 10.0 Å². The number of hydrogen-bond donors (Lipinski definition) is 1. The number of hydrogen-bond acceptors (Lipinski definition) is 3. The van der Waals surface area contributed by atoms with Crippen molar-refractivity contribution in [1.29, 1.82) is 0 Å². The molecule has 0 aromatic heterocycles. The summed E-state index contributed by atoms with van der Waals surface area (Å²) in [5, 5.41) is 0. The summed E-state index contributed by atoms with van der Waals surface area (Å²) in [6, 6.07) is 17.3. The van der Waals surface area contributed by atoms with Gasteiger partial charge >= 0.3 is 0 Å². The molecule has 25 heavy (non-hydrogen) atoms. The van der Waals surface area contributed by atoms with Crippen LogP contribution in [0.3, 0.4) is 0 Å². The summed E-state index contributed by atoms with van der Waals surface area (Å²) in [6.45, 7) is 4.83. The van der Waals surface area contributed by atoms with Gasteiger partial charge in [-0.1, -0.05) is 57.0 Å². The number of nitrogens with zero attached hydrogens (tertiary/aromatic N) is 1. The Balaban J connectivity index is 2.17. The summed E-state index contributed by atoms with van der Waals surface area (Å²) in [4.78, 5) is 2.50. The van der Waals surface area contributed by atoms with Gasteiger partial charge in [-0.05, 0) is 37.1 Å². The van der Waals surface area contributed by atoms with Crippen LogP contribution < -0.4 is 9.62 Å². The maximum Gasteiger partial charge on any atom is 0.243 e. The van der Waals surface area contributed by atoms with Crippen LogP contribution in [0.25, 0.3) is 0 Å². The fourth-order valence-corrected chi connectivity index (χ4v) is 5.21. The van der Waals surface area contributed by atoms with Crippen LogP contribution in [-0.4, -0.2) is 20.5 Å². The summed E-state index contributed by atoms with van der Waals surface area (Å²) in [7, 11) is -3.56. The molecule has 0 saturated carbocycles. The highest BCUT2D eigenvalue weighted by Crippen LogP contribution is 2.38. The van der Waals surface area contributed by atoms with E-state index in [4.69, 9.17) is 0 Å². The zero-order valence-corrected chi connectivity index (χ0v) is 15.7. The monoisotopic (exact) mass is 358 g/mol. The zero-order valence-electron chi connectivity index (χ0n) is 14.9. The van der Waals surface area contributed by atoms with Crippen LogP contribution in [0.4, 0.5) is 11.4 Å².